The summed E-state index contributed by atoms with van der Waals surface area (Å²) in [6.07, 6.45) is 4.66. The number of hydrogen-bond donors (Lipinski definition) is 0. The average Bonchev–Trinajstić information content (AvgIpc) is 2.34. The van der Waals surface area contributed by atoms with E-state index in [-0.39, 0.29) is 0 Å². The second-order valence-corrected chi connectivity index (χ2v) is 7.77. The standard InChI is InChI=1S/C12H13Br2NO2S/c1-9-7-11(14)12(8-10(9)13)18(16,17)15-5-3-2-4-6-15/h2-3,7-8H,4-6H2,1H3. The summed E-state index contributed by atoms with van der Waals surface area (Å²) in [6, 6.07) is 3.48. The summed E-state index contributed by atoms with van der Waals surface area (Å²) < 4.78 is 27.9. The van der Waals surface area contributed by atoms with E-state index in [0.29, 0.717) is 22.5 Å². The highest BCUT2D eigenvalue weighted by molar-refractivity contribution is 9.11. The maximum Gasteiger partial charge on any atom is 0.244 e. The van der Waals surface area contributed by atoms with Gasteiger partial charge in [0.15, 0.2) is 0 Å². The molecule has 0 saturated carbocycles. The van der Waals surface area contributed by atoms with Crippen molar-refractivity contribution < 1.29 is 8.42 Å². The van der Waals surface area contributed by atoms with Gasteiger partial charge in [0, 0.05) is 22.0 Å². The number of hydrogen-bond acceptors (Lipinski definition) is 2. The molecule has 0 spiro atoms. The van der Waals surface area contributed by atoms with Gasteiger partial charge in [-0.1, -0.05) is 28.1 Å². The van der Waals surface area contributed by atoms with E-state index in [4.69, 9.17) is 0 Å². The van der Waals surface area contributed by atoms with E-state index in [1.807, 2.05) is 25.1 Å². The molecule has 1 aromatic rings. The van der Waals surface area contributed by atoms with Crippen LogP contribution in [0.25, 0.3) is 0 Å². The van der Waals surface area contributed by atoms with E-state index in [0.717, 1.165) is 16.5 Å². The third-order valence-electron chi connectivity index (χ3n) is 2.85. The van der Waals surface area contributed by atoms with Gasteiger partial charge in [-0.2, -0.15) is 4.31 Å². The number of halogens is 2. The van der Waals surface area contributed by atoms with Crippen LogP contribution in [0.5, 0.6) is 0 Å². The Morgan fingerprint density at radius 3 is 2.50 bits per heavy atom. The van der Waals surface area contributed by atoms with Crippen LogP contribution in [0, 0.1) is 6.92 Å². The summed E-state index contributed by atoms with van der Waals surface area (Å²) in [5.74, 6) is 0. The summed E-state index contributed by atoms with van der Waals surface area (Å²) in [7, 11) is -3.43. The van der Waals surface area contributed by atoms with Crippen molar-refractivity contribution >= 4 is 41.9 Å². The molecule has 0 bridgehead atoms. The van der Waals surface area contributed by atoms with Gasteiger partial charge in [0.25, 0.3) is 0 Å². The zero-order valence-corrected chi connectivity index (χ0v) is 13.8. The van der Waals surface area contributed by atoms with Crippen molar-refractivity contribution in [2.45, 2.75) is 18.2 Å². The van der Waals surface area contributed by atoms with Gasteiger partial charge >= 0.3 is 0 Å². The Morgan fingerprint density at radius 1 is 1.17 bits per heavy atom. The van der Waals surface area contributed by atoms with Crippen LogP contribution in [0.1, 0.15) is 12.0 Å². The molecule has 2 rings (SSSR count). The smallest absolute Gasteiger partial charge is 0.207 e. The van der Waals surface area contributed by atoms with E-state index in [2.05, 4.69) is 31.9 Å². The van der Waals surface area contributed by atoms with Gasteiger partial charge in [-0.3, -0.25) is 0 Å². The molecule has 0 aliphatic carbocycles. The van der Waals surface area contributed by atoms with Gasteiger partial charge in [0.1, 0.15) is 0 Å². The lowest BCUT2D eigenvalue weighted by Crippen LogP contribution is -2.34. The SMILES string of the molecule is Cc1cc(Br)c(S(=O)(=O)N2CC=CCC2)cc1Br. The average molecular weight is 395 g/mol. The van der Waals surface area contributed by atoms with E-state index in [1.54, 1.807) is 6.07 Å². The van der Waals surface area contributed by atoms with E-state index in [9.17, 15) is 8.42 Å². The van der Waals surface area contributed by atoms with Crippen LogP contribution in [-0.2, 0) is 10.0 Å². The predicted molar refractivity (Wildman–Crippen MR) is 79.1 cm³/mol. The Balaban J connectivity index is 2.47. The van der Waals surface area contributed by atoms with Gasteiger partial charge in [0.2, 0.25) is 10.0 Å². The Hall–Kier alpha value is -0.170. The first kappa shape index (κ1) is 14.2. The molecule has 0 atom stereocenters. The molecule has 6 heteroatoms. The van der Waals surface area contributed by atoms with Crippen LogP contribution in [0.2, 0.25) is 0 Å². The number of rotatable bonds is 2. The normalized spacial score (nSPS) is 17.1. The molecule has 98 valence electrons. The Morgan fingerprint density at radius 2 is 1.89 bits per heavy atom. The highest BCUT2D eigenvalue weighted by Crippen LogP contribution is 2.31. The van der Waals surface area contributed by atoms with Crippen LogP contribution in [0.3, 0.4) is 0 Å². The monoisotopic (exact) mass is 393 g/mol. The van der Waals surface area contributed by atoms with E-state index >= 15 is 0 Å². The summed E-state index contributed by atoms with van der Waals surface area (Å²) in [6.45, 7) is 2.91. The van der Waals surface area contributed by atoms with Crippen LogP contribution in [-0.4, -0.2) is 25.8 Å². The first-order valence-corrected chi connectivity index (χ1v) is 8.56. The summed E-state index contributed by atoms with van der Waals surface area (Å²) in [4.78, 5) is 0.315. The third-order valence-corrected chi connectivity index (χ3v) is 6.53. The molecule has 1 aromatic carbocycles. The van der Waals surface area contributed by atoms with Crippen molar-refractivity contribution in [3.05, 3.63) is 38.8 Å². The molecule has 3 nitrogen and oxygen atoms in total. The maximum atomic E-state index is 12.5. The molecule has 0 fully saturated rings. The van der Waals surface area contributed by atoms with E-state index < -0.39 is 10.0 Å². The molecule has 1 aliphatic heterocycles. The molecule has 0 amide bonds. The molecule has 0 N–H and O–H groups in total. The first-order chi connectivity index (χ1) is 8.43. The Bertz CT molecular complexity index is 596. The molecule has 18 heavy (non-hydrogen) atoms. The molecule has 1 aliphatic rings. The third kappa shape index (κ3) is 2.71. The zero-order valence-electron chi connectivity index (χ0n) is 9.86. The minimum absolute atomic E-state index is 0.315. The minimum Gasteiger partial charge on any atom is -0.207 e. The molecule has 0 radical (unpaired) electrons. The number of sulfonamides is 1. The van der Waals surface area contributed by atoms with E-state index in [1.165, 1.54) is 4.31 Å². The Kier molecular flexibility index (Phi) is 4.31. The summed E-state index contributed by atoms with van der Waals surface area (Å²) in [5, 5.41) is 0. The maximum absolute atomic E-state index is 12.5. The van der Waals surface area contributed by atoms with Crippen molar-refractivity contribution in [1.29, 1.82) is 0 Å². The predicted octanol–water partition coefficient (Wildman–Crippen LogP) is 3.47. The van der Waals surface area contributed by atoms with Gasteiger partial charge in [-0.25, -0.2) is 8.42 Å². The fraction of sp³-hybridized carbons (Fsp3) is 0.333. The lowest BCUT2D eigenvalue weighted by atomic mass is 10.2. The minimum atomic E-state index is -3.43. The molecular weight excluding hydrogens is 382 g/mol. The van der Waals surface area contributed by atoms with Crippen molar-refractivity contribution in [3.63, 3.8) is 0 Å². The fourth-order valence-electron chi connectivity index (χ4n) is 1.80. The number of aryl methyl sites for hydroxylation is 1. The van der Waals surface area contributed by atoms with Gasteiger partial charge in [-0.15, -0.1) is 0 Å². The number of benzene rings is 1. The lowest BCUT2D eigenvalue weighted by molar-refractivity contribution is 0.437. The second kappa shape index (κ2) is 5.45. The fourth-order valence-corrected chi connectivity index (χ4v) is 4.85. The topological polar surface area (TPSA) is 37.4 Å². The van der Waals surface area contributed by atoms with Crippen molar-refractivity contribution in [3.8, 4) is 0 Å². The van der Waals surface area contributed by atoms with Crippen LogP contribution >= 0.6 is 31.9 Å². The van der Waals surface area contributed by atoms with Crippen molar-refractivity contribution in [1.82, 2.24) is 4.31 Å². The molecular formula is C12H13Br2NO2S. The zero-order chi connectivity index (χ0) is 13.3. The van der Waals surface area contributed by atoms with Gasteiger partial charge < -0.3 is 0 Å². The molecule has 1 heterocycles. The molecule has 0 saturated heterocycles. The quantitative estimate of drug-likeness (QED) is 0.720. The Labute approximate surface area is 124 Å². The van der Waals surface area contributed by atoms with Crippen LogP contribution in [0.15, 0.2) is 38.1 Å². The van der Waals surface area contributed by atoms with Crippen molar-refractivity contribution in [2.75, 3.05) is 13.1 Å². The highest BCUT2D eigenvalue weighted by Gasteiger charge is 2.27. The molecule has 0 aromatic heterocycles. The largest absolute Gasteiger partial charge is 0.244 e. The highest BCUT2D eigenvalue weighted by atomic mass is 79.9. The molecule has 0 unspecified atom stereocenters. The number of nitrogens with zero attached hydrogens (tertiary/aromatic N) is 1. The van der Waals surface area contributed by atoms with Crippen LogP contribution < -0.4 is 0 Å². The van der Waals surface area contributed by atoms with Crippen LogP contribution in [0.4, 0.5) is 0 Å². The first-order valence-electron chi connectivity index (χ1n) is 5.53. The van der Waals surface area contributed by atoms with Crippen molar-refractivity contribution in [2.24, 2.45) is 0 Å². The van der Waals surface area contributed by atoms with Gasteiger partial charge in [-0.05, 0) is 47.0 Å². The summed E-state index contributed by atoms with van der Waals surface area (Å²) in [5.41, 5.74) is 0.999. The summed E-state index contributed by atoms with van der Waals surface area (Å²) >= 11 is 6.72. The lowest BCUT2D eigenvalue weighted by Gasteiger charge is -2.23. The van der Waals surface area contributed by atoms with Gasteiger partial charge in [0.05, 0.1) is 4.90 Å². The second-order valence-electron chi connectivity index (χ2n) is 4.15.